The maximum Gasteiger partial charge on any atom is 0.0466 e. The maximum atomic E-state index is 5.30. The Hall–Kier alpha value is -0.0400. The van der Waals surface area contributed by atoms with Crippen LogP contribution in [0.5, 0.6) is 0 Å². The summed E-state index contributed by atoms with van der Waals surface area (Å²) in [5, 5.41) is 0. The molecule has 0 bridgehead atoms. The van der Waals surface area contributed by atoms with E-state index in [1.807, 2.05) is 0 Å². The first-order valence-corrected chi connectivity index (χ1v) is 4.78. The third-order valence-corrected chi connectivity index (χ3v) is 1.68. The van der Waals surface area contributed by atoms with Crippen LogP contribution in [0.3, 0.4) is 0 Å². The van der Waals surface area contributed by atoms with Gasteiger partial charge < -0.3 is 4.74 Å². The van der Waals surface area contributed by atoms with Gasteiger partial charge in [0, 0.05) is 13.2 Å². The van der Waals surface area contributed by atoms with Gasteiger partial charge in [0.1, 0.15) is 0 Å². The molecule has 1 heteroatoms. The molecular weight excluding hydrogens is 136 g/mol. The Kier molecular flexibility index (Phi) is 9.92. The smallest absolute Gasteiger partial charge is 0.0466 e. The van der Waals surface area contributed by atoms with Crippen LogP contribution >= 0.6 is 0 Å². The molecule has 1 nitrogen and oxygen atoms in total. The van der Waals surface area contributed by atoms with Gasteiger partial charge in [0.25, 0.3) is 0 Å². The zero-order chi connectivity index (χ0) is 8.36. The van der Waals surface area contributed by atoms with Crippen LogP contribution in [0, 0.1) is 6.92 Å². The van der Waals surface area contributed by atoms with E-state index < -0.39 is 0 Å². The third-order valence-electron chi connectivity index (χ3n) is 1.68. The molecule has 0 heterocycles. The monoisotopic (exact) mass is 157 g/mol. The molecule has 0 aliphatic rings. The second-order valence-electron chi connectivity index (χ2n) is 2.88. The topological polar surface area (TPSA) is 9.23 Å². The summed E-state index contributed by atoms with van der Waals surface area (Å²) in [7, 11) is 0. The lowest BCUT2D eigenvalue weighted by Crippen LogP contribution is -1.95. The number of ether oxygens (including phenoxy) is 1. The molecule has 11 heavy (non-hydrogen) atoms. The van der Waals surface area contributed by atoms with Crippen molar-refractivity contribution < 1.29 is 4.74 Å². The minimum Gasteiger partial charge on any atom is -0.381 e. The first-order valence-electron chi connectivity index (χ1n) is 4.78. The average Bonchev–Trinajstić information content (AvgIpc) is 2.03. The Balaban J connectivity index is 2.69. The van der Waals surface area contributed by atoms with E-state index in [2.05, 4.69) is 13.8 Å². The van der Waals surface area contributed by atoms with Crippen molar-refractivity contribution in [2.24, 2.45) is 0 Å². The molecule has 0 saturated heterocycles. The Morgan fingerprint density at radius 1 is 1.00 bits per heavy atom. The van der Waals surface area contributed by atoms with Crippen molar-refractivity contribution in [3.05, 3.63) is 6.92 Å². The number of hydrogen-bond donors (Lipinski definition) is 0. The lowest BCUT2D eigenvalue weighted by atomic mass is 10.2. The molecular formula is C10H21O. The van der Waals surface area contributed by atoms with E-state index in [0.717, 1.165) is 19.6 Å². The molecule has 0 aliphatic heterocycles. The maximum absolute atomic E-state index is 5.30. The number of rotatable bonds is 8. The highest BCUT2D eigenvalue weighted by molar-refractivity contribution is 4.42. The van der Waals surface area contributed by atoms with Gasteiger partial charge in [0.15, 0.2) is 0 Å². The van der Waals surface area contributed by atoms with Crippen LogP contribution in [0.15, 0.2) is 0 Å². The quantitative estimate of drug-likeness (QED) is 0.492. The normalized spacial score (nSPS) is 10.4. The van der Waals surface area contributed by atoms with Crippen LogP contribution in [-0.4, -0.2) is 13.2 Å². The minimum atomic E-state index is 0.827. The van der Waals surface area contributed by atoms with Crippen LogP contribution in [0.1, 0.15) is 45.4 Å². The average molecular weight is 157 g/mol. The molecule has 0 aromatic rings. The van der Waals surface area contributed by atoms with Gasteiger partial charge in [-0.1, -0.05) is 39.5 Å². The van der Waals surface area contributed by atoms with Gasteiger partial charge >= 0.3 is 0 Å². The number of hydrogen-bond acceptors (Lipinski definition) is 1. The van der Waals surface area contributed by atoms with Crippen LogP contribution in [-0.2, 0) is 4.74 Å². The van der Waals surface area contributed by atoms with Crippen LogP contribution in [0.25, 0.3) is 0 Å². The van der Waals surface area contributed by atoms with Crippen molar-refractivity contribution in [3.63, 3.8) is 0 Å². The highest BCUT2D eigenvalue weighted by Gasteiger charge is 1.88. The van der Waals surface area contributed by atoms with E-state index in [4.69, 9.17) is 4.74 Å². The Bertz CT molecular complexity index is 53.9. The highest BCUT2D eigenvalue weighted by Crippen LogP contribution is 2.02. The predicted molar refractivity (Wildman–Crippen MR) is 49.6 cm³/mol. The molecule has 0 unspecified atom stereocenters. The van der Waals surface area contributed by atoms with Gasteiger partial charge in [-0.2, -0.15) is 0 Å². The zero-order valence-electron chi connectivity index (χ0n) is 7.77. The first-order chi connectivity index (χ1) is 5.41. The summed E-state index contributed by atoms with van der Waals surface area (Å²) in [5.74, 6) is 0. The van der Waals surface area contributed by atoms with E-state index in [0.29, 0.717) is 0 Å². The Morgan fingerprint density at radius 3 is 2.36 bits per heavy atom. The number of unbranched alkanes of at least 4 members (excludes halogenated alkanes) is 4. The summed E-state index contributed by atoms with van der Waals surface area (Å²) in [6, 6.07) is 0. The second kappa shape index (κ2) is 9.96. The van der Waals surface area contributed by atoms with E-state index in [9.17, 15) is 0 Å². The van der Waals surface area contributed by atoms with Crippen LogP contribution < -0.4 is 0 Å². The molecule has 0 atom stereocenters. The molecule has 0 amide bonds. The summed E-state index contributed by atoms with van der Waals surface area (Å²) < 4.78 is 5.30. The van der Waals surface area contributed by atoms with Crippen molar-refractivity contribution in [2.45, 2.75) is 45.4 Å². The summed E-state index contributed by atoms with van der Waals surface area (Å²) in [4.78, 5) is 0. The van der Waals surface area contributed by atoms with Crippen molar-refractivity contribution in [1.29, 1.82) is 0 Å². The molecule has 0 aromatic heterocycles. The predicted octanol–water partition coefficient (Wildman–Crippen LogP) is 3.20. The largest absolute Gasteiger partial charge is 0.381 e. The van der Waals surface area contributed by atoms with E-state index in [1.165, 1.54) is 32.1 Å². The standard InChI is InChI=1S/C10H21O/c1-3-5-6-7-8-10-11-9-4-2/h2-10H2,1H3. The van der Waals surface area contributed by atoms with Gasteiger partial charge in [0.05, 0.1) is 0 Å². The van der Waals surface area contributed by atoms with Gasteiger partial charge in [-0.15, -0.1) is 0 Å². The SMILES string of the molecule is [CH2]CCOCCCCCCC. The van der Waals surface area contributed by atoms with Gasteiger partial charge in [-0.25, -0.2) is 0 Å². The van der Waals surface area contributed by atoms with Crippen molar-refractivity contribution in [3.8, 4) is 0 Å². The fourth-order valence-corrected chi connectivity index (χ4v) is 1.01. The Morgan fingerprint density at radius 2 is 1.73 bits per heavy atom. The molecule has 0 N–H and O–H groups in total. The lowest BCUT2D eigenvalue weighted by Gasteiger charge is -2.01. The zero-order valence-corrected chi connectivity index (χ0v) is 7.77. The fourth-order valence-electron chi connectivity index (χ4n) is 1.01. The Labute approximate surface area is 71.1 Å². The third kappa shape index (κ3) is 9.96. The second-order valence-corrected chi connectivity index (χ2v) is 2.88. The highest BCUT2D eigenvalue weighted by atomic mass is 16.5. The molecule has 0 spiro atoms. The molecule has 0 aromatic carbocycles. The van der Waals surface area contributed by atoms with Crippen molar-refractivity contribution >= 4 is 0 Å². The van der Waals surface area contributed by atoms with E-state index in [1.54, 1.807) is 0 Å². The van der Waals surface area contributed by atoms with Gasteiger partial charge in [0.2, 0.25) is 0 Å². The van der Waals surface area contributed by atoms with Crippen molar-refractivity contribution in [1.82, 2.24) is 0 Å². The molecule has 67 valence electrons. The summed E-state index contributed by atoms with van der Waals surface area (Å²) >= 11 is 0. The van der Waals surface area contributed by atoms with E-state index in [-0.39, 0.29) is 0 Å². The molecule has 0 fully saturated rings. The minimum absolute atomic E-state index is 0.827. The molecule has 1 radical (unpaired) electrons. The summed E-state index contributed by atoms with van der Waals surface area (Å²) in [6.07, 6.45) is 7.50. The molecule has 0 saturated carbocycles. The lowest BCUT2D eigenvalue weighted by molar-refractivity contribution is 0.134. The fraction of sp³-hybridized carbons (Fsp3) is 0.900. The first kappa shape index (κ1) is 11.0. The van der Waals surface area contributed by atoms with E-state index >= 15 is 0 Å². The van der Waals surface area contributed by atoms with Crippen LogP contribution in [0.4, 0.5) is 0 Å². The van der Waals surface area contributed by atoms with Crippen molar-refractivity contribution in [2.75, 3.05) is 13.2 Å². The summed E-state index contributed by atoms with van der Waals surface area (Å²) in [6.45, 7) is 7.70. The van der Waals surface area contributed by atoms with Crippen LogP contribution in [0.2, 0.25) is 0 Å². The molecule has 0 rings (SSSR count). The summed E-state index contributed by atoms with van der Waals surface area (Å²) in [5.41, 5.74) is 0. The van der Waals surface area contributed by atoms with Gasteiger partial charge in [-0.3, -0.25) is 0 Å². The van der Waals surface area contributed by atoms with Gasteiger partial charge in [-0.05, 0) is 12.8 Å². The molecule has 0 aliphatic carbocycles.